The van der Waals surface area contributed by atoms with Gasteiger partial charge in [-0.3, -0.25) is 4.90 Å². The standard InChI is InChI=1S/C22H28N2O/c1-16(2)23-14-18(4)24(15-17(23)3)22(19-9-6-5-7-10-19)20-11-8-12-21(25)13-20/h5-13,17-18,22,25H,1,14-15H2,2-4H3/t17-,18+,22+/m0/s1. The van der Waals surface area contributed by atoms with Gasteiger partial charge in [0.25, 0.3) is 0 Å². The highest BCUT2D eigenvalue weighted by Crippen LogP contribution is 2.34. The highest BCUT2D eigenvalue weighted by molar-refractivity contribution is 5.36. The van der Waals surface area contributed by atoms with E-state index in [9.17, 15) is 5.11 Å². The van der Waals surface area contributed by atoms with Crippen LogP contribution in [0, 0.1) is 0 Å². The minimum Gasteiger partial charge on any atom is -0.508 e. The van der Waals surface area contributed by atoms with Gasteiger partial charge in [0.1, 0.15) is 5.75 Å². The van der Waals surface area contributed by atoms with Crippen molar-refractivity contribution in [3.05, 3.63) is 78.0 Å². The van der Waals surface area contributed by atoms with Gasteiger partial charge in [-0.2, -0.15) is 0 Å². The van der Waals surface area contributed by atoms with Crippen molar-refractivity contribution in [2.45, 2.75) is 38.9 Å². The highest BCUT2D eigenvalue weighted by Gasteiger charge is 2.34. The molecule has 25 heavy (non-hydrogen) atoms. The van der Waals surface area contributed by atoms with Crippen molar-refractivity contribution in [1.29, 1.82) is 0 Å². The Morgan fingerprint density at radius 1 is 1.00 bits per heavy atom. The van der Waals surface area contributed by atoms with Gasteiger partial charge in [-0.25, -0.2) is 0 Å². The summed E-state index contributed by atoms with van der Waals surface area (Å²) in [4.78, 5) is 4.94. The predicted molar refractivity (Wildman–Crippen MR) is 104 cm³/mol. The number of hydrogen-bond donors (Lipinski definition) is 1. The molecule has 1 aliphatic rings. The molecule has 0 radical (unpaired) electrons. The molecule has 0 aliphatic carbocycles. The maximum absolute atomic E-state index is 10.0. The maximum Gasteiger partial charge on any atom is 0.115 e. The van der Waals surface area contributed by atoms with Gasteiger partial charge in [0, 0.05) is 30.9 Å². The van der Waals surface area contributed by atoms with Gasteiger partial charge in [0.2, 0.25) is 0 Å². The lowest BCUT2D eigenvalue weighted by Gasteiger charge is -2.48. The Hall–Kier alpha value is -2.26. The van der Waals surface area contributed by atoms with Crippen LogP contribution in [0.15, 0.2) is 66.9 Å². The van der Waals surface area contributed by atoms with E-state index >= 15 is 0 Å². The molecule has 1 fully saturated rings. The third kappa shape index (κ3) is 3.72. The van der Waals surface area contributed by atoms with Crippen LogP contribution in [-0.2, 0) is 0 Å². The minimum absolute atomic E-state index is 0.137. The Morgan fingerprint density at radius 3 is 2.32 bits per heavy atom. The summed E-state index contributed by atoms with van der Waals surface area (Å²) >= 11 is 0. The minimum atomic E-state index is 0.137. The molecule has 1 saturated heterocycles. The van der Waals surface area contributed by atoms with E-state index in [1.165, 1.54) is 5.56 Å². The van der Waals surface area contributed by atoms with Crippen LogP contribution in [0.1, 0.15) is 37.9 Å². The van der Waals surface area contributed by atoms with Crippen LogP contribution >= 0.6 is 0 Å². The van der Waals surface area contributed by atoms with E-state index < -0.39 is 0 Å². The summed E-state index contributed by atoms with van der Waals surface area (Å²) < 4.78 is 0. The third-order valence-corrected chi connectivity index (χ3v) is 5.16. The molecule has 3 nitrogen and oxygen atoms in total. The summed E-state index contributed by atoms with van der Waals surface area (Å²) in [6.45, 7) is 12.7. The molecule has 0 aromatic heterocycles. The zero-order valence-corrected chi connectivity index (χ0v) is 15.4. The fourth-order valence-corrected chi connectivity index (χ4v) is 3.95. The molecule has 0 spiro atoms. The lowest BCUT2D eigenvalue weighted by atomic mass is 9.93. The maximum atomic E-state index is 10.0. The van der Waals surface area contributed by atoms with Crippen LogP contribution in [0.3, 0.4) is 0 Å². The first-order valence-electron chi connectivity index (χ1n) is 8.99. The molecule has 132 valence electrons. The van der Waals surface area contributed by atoms with Crippen LogP contribution in [-0.4, -0.2) is 40.1 Å². The number of aromatic hydroxyl groups is 1. The summed E-state index contributed by atoms with van der Waals surface area (Å²) in [7, 11) is 0. The Morgan fingerprint density at radius 2 is 1.68 bits per heavy atom. The molecule has 3 rings (SSSR count). The second kappa shape index (κ2) is 7.32. The van der Waals surface area contributed by atoms with Crippen LogP contribution in [0.25, 0.3) is 0 Å². The van der Waals surface area contributed by atoms with Gasteiger partial charge in [-0.1, -0.05) is 49.0 Å². The van der Waals surface area contributed by atoms with Gasteiger partial charge < -0.3 is 10.0 Å². The van der Waals surface area contributed by atoms with Crippen molar-refractivity contribution in [1.82, 2.24) is 9.80 Å². The quantitative estimate of drug-likeness (QED) is 0.896. The van der Waals surface area contributed by atoms with E-state index in [-0.39, 0.29) is 6.04 Å². The van der Waals surface area contributed by atoms with Gasteiger partial charge in [0.15, 0.2) is 0 Å². The first-order chi connectivity index (χ1) is 12.0. The molecular weight excluding hydrogens is 308 g/mol. The second-order valence-electron chi connectivity index (χ2n) is 7.19. The molecule has 0 unspecified atom stereocenters. The average molecular weight is 336 g/mol. The van der Waals surface area contributed by atoms with Gasteiger partial charge >= 0.3 is 0 Å². The monoisotopic (exact) mass is 336 g/mol. The topological polar surface area (TPSA) is 26.7 Å². The van der Waals surface area contributed by atoms with Crippen LogP contribution < -0.4 is 0 Å². The molecule has 2 aromatic carbocycles. The van der Waals surface area contributed by atoms with Crippen molar-refractivity contribution in [2.75, 3.05) is 13.1 Å². The molecule has 1 heterocycles. The number of phenols is 1. The van der Waals surface area contributed by atoms with Gasteiger partial charge in [0.05, 0.1) is 6.04 Å². The molecule has 1 N–H and O–H groups in total. The number of nitrogens with zero attached hydrogens (tertiary/aromatic N) is 2. The number of benzene rings is 2. The van der Waals surface area contributed by atoms with Crippen LogP contribution in [0.5, 0.6) is 5.75 Å². The molecule has 0 saturated carbocycles. The largest absolute Gasteiger partial charge is 0.508 e. The van der Waals surface area contributed by atoms with Crippen molar-refractivity contribution in [2.24, 2.45) is 0 Å². The number of rotatable bonds is 4. The molecule has 2 aromatic rings. The van der Waals surface area contributed by atoms with Crippen molar-refractivity contribution in [3.8, 4) is 5.75 Å². The Balaban J connectivity index is 1.99. The van der Waals surface area contributed by atoms with Crippen LogP contribution in [0.4, 0.5) is 0 Å². The Labute approximate surface area is 151 Å². The average Bonchev–Trinajstić information content (AvgIpc) is 2.59. The SMILES string of the molecule is C=C(C)N1C[C@@H](C)N([C@H](c2ccccc2)c2cccc(O)c2)C[C@@H]1C. The first-order valence-corrected chi connectivity index (χ1v) is 8.99. The molecule has 0 bridgehead atoms. The second-order valence-corrected chi connectivity index (χ2v) is 7.19. The number of phenolic OH excluding ortho intramolecular Hbond substituents is 1. The van der Waals surface area contributed by atoms with Crippen LogP contribution in [0.2, 0.25) is 0 Å². The van der Waals surface area contributed by atoms with Crippen molar-refractivity contribution in [3.63, 3.8) is 0 Å². The predicted octanol–water partition coefficient (Wildman–Crippen LogP) is 4.41. The molecule has 3 atom stereocenters. The summed E-state index contributed by atoms with van der Waals surface area (Å²) in [6, 6.07) is 19.2. The van der Waals surface area contributed by atoms with E-state index in [4.69, 9.17) is 0 Å². The zero-order chi connectivity index (χ0) is 18.0. The number of allylic oxidation sites excluding steroid dienone is 1. The van der Waals surface area contributed by atoms with Crippen molar-refractivity contribution < 1.29 is 5.11 Å². The van der Waals surface area contributed by atoms with Gasteiger partial charge in [-0.05, 0) is 44.0 Å². The summed E-state index contributed by atoms with van der Waals surface area (Å²) in [6.07, 6.45) is 0. The van der Waals surface area contributed by atoms with E-state index in [1.807, 2.05) is 18.2 Å². The Bertz CT molecular complexity index is 728. The third-order valence-electron chi connectivity index (χ3n) is 5.16. The van der Waals surface area contributed by atoms with E-state index in [0.717, 1.165) is 24.4 Å². The van der Waals surface area contributed by atoms with E-state index in [0.29, 0.717) is 17.8 Å². The number of hydrogen-bond acceptors (Lipinski definition) is 3. The Kier molecular flexibility index (Phi) is 5.14. The summed E-state index contributed by atoms with van der Waals surface area (Å²) in [5.74, 6) is 0.319. The summed E-state index contributed by atoms with van der Waals surface area (Å²) in [5.41, 5.74) is 3.53. The zero-order valence-electron chi connectivity index (χ0n) is 15.4. The molecular formula is C22H28N2O. The normalized spacial score (nSPS) is 22.6. The van der Waals surface area contributed by atoms with Gasteiger partial charge in [-0.15, -0.1) is 0 Å². The highest BCUT2D eigenvalue weighted by atomic mass is 16.3. The smallest absolute Gasteiger partial charge is 0.115 e. The lowest BCUT2D eigenvalue weighted by Crippen LogP contribution is -2.56. The fourth-order valence-electron chi connectivity index (χ4n) is 3.95. The molecule has 1 aliphatic heterocycles. The fraction of sp³-hybridized carbons (Fsp3) is 0.364. The lowest BCUT2D eigenvalue weighted by molar-refractivity contribution is 0.0435. The summed E-state index contributed by atoms with van der Waals surface area (Å²) in [5, 5.41) is 10.0. The molecule has 0 amide bonds. The van der Waals surface area contributed by atoms with E-state index in [2.05, 4.69) is 67.5 Å². The van der Waals surface area contributed by atoms with Crippen molar-refractivity contribution >= 4 is 0 Å². The first kappa shape index (κ1) is 17.6. The number of piperazine rings is 1. The van der Waals surface area contributed by atoms with E-state index in [1.54, 1.807) is 6.07 Å². The molecule has 3 heteroatoms.